The lowest BCUT2D eigenvalue weighted by Gasteiger charge is -2.42. The fraction of sp³-hybridized carbons (Fsp3) is 0.875. The van der Waals surface area contributed by atoms with E-state index in [1.807, 2.05) is 34.6 Å². The van der Waals surface area contributed by atoms with Crippen LogP contribution in [-0.4, -0.2) is 46.5 Å². The Balaban J connectivity index is 2.90. The summed E-state index contributed by atoms with van der Waals surface area (Å²) in [4.78, 5) is 26.0. The molecule has 128 valence electrons. The molecule has 1 saturated carbocycles. The molecule has 1 aliphatic rings. The predicted octanol–water partition coefficient (Wildman–Crippen LogP) is 3.30. The van der Waals surface area contributed by atoms with Crippen molar-refractivity contribution in [3.05, 3.63) is 0 Å². The second kappa shape index (κ2) is 8.04. The van der Waals surface area contributed by atoms with Crippen molar-refractivity contribution in [3.8, 4) is 0 Å². The number of ether oxygens (including phenoxy) is 1. The minimum atomic E-state index is -0.534. The van der Waals surface area contributed by atoms with Gasteiger partial charge in [0.25, 0.3) is 0 Å². The number of carbonyl (C=O) groups is 2. The molecule has 1 rings (SSSR count). The largest absolute Gasteiger partial charge is 0.444 e. The van der Waals surface area contributed by atoms with E-state index in [0.717, 1.165) is 25.7 Å². The van der Waals surface area contributed by atoms with Crippen LogP contribution in [0, 0.1) is 0 Å². The maximum atomic E-state index is 12.6. The van der Waals surface area contributed by atoms with E-state index in [1.165, 1.54) is 0 Å². The lowest BCUT2D eigenvalue weighted by atomic mass is 9.88. The molecule has 0 aromatic rings. The number of nitrogens with one attached hydrogen (secondary N) is 1. The van der Waals surface area contributed by atoms with Gasteiger partial charge in [0.2, 0.25) is 5.91 Å². The number of rotatable bonds is 4. The molecule has 5 nitrogen and oxygen atoms in total. The van der Waals surface area contributed by atoms with Gasteiger partial charge in [0.15, 0.2) is 0 Å². The molecule has 2 atom stereocenters. The normalized spacial score (nSPS) is 22.3. The summed E-state index contributed by atoms with van der Waals surface area (Å²) in [6, 6.07) is -0.0981. The smallest absolute Gasteiger partial charge is 0.410 e. The summed E-state index contributed by atoms with van der Waals surface area (Å²) in [5, 5.41) is 2.95. The van der Waals surface area contributed by atoms with Gasteiger partial charge in [-0.15, -0.1) is 11.6 Å². The summed E-state index contributed by atoms with van der Waals surface area (Å²) >= 11 is 5.59. The third-order valence-corrected chi connectivity index (χ3v) is 3.96. The van der Waals surface area contributed by atoms with Gasteiger partial charge in [0.1, 0.15) is 11.5 Å². The predicted molar refractivity (Wildman–Crippen MR) is 88.1 cm³/mol. The fourth-order valence-electron chi connectivity index (χ4n) is 2.90. The zero-order chi connectivity index (χ0) is 16.9. The molecule has 2 amide bonds. The van der Waals surface area contributed by atoms with Crippen LogP contribution in [0.4, 0.5) is 4.79 Å². The molecular formula is C16H29ClN2O3. The molecule has 0 saturated heterocycles. The van der Waals surface area contributed by atoms with Crippen LogP contribution in [0.2, 0.25) is 0 Å². The Labute approximate surface area is 138 Å². The zero-order valence-corrected chi connectivity index (χ0v) is 15.1. The quantitative estimate of drug-likeness (QED) is 0.803. The molecule has 6 heteroatoms. The van der Waals surface area contributed by atoms with E-state index in [2.05, 4.69) is 5.32 Å². The van der Waals surface area contributed by atoms with Crippen LogP contribution in [0.15, 0.2) is 0 Å². The van der Waals surface area contributed by atoms with E-state index in [4.69, 9.17) is 16.3 Å². The van der Waals surface area contributed by atoms with Gasteiger partial charge in [-0.3, -0.25) is 4.79 Å². The van der Waals surface area contributed by atoms with Crippen molar-refractivity contribution in [1.82, 2.24) is 10.2 Å². The van der Waals surface area contributed by atoms with E-state index in [1.54, 1.807) is 4.90 Å². The molecule has 1 N–H and O–H groups in total. The summed E-state index contributed by atoms with van der Waals surface area (Å²) in [5.41, 5.74) is -0.534. The van der Waals surface area contributed by atoms with Crippen LogP contribution in [0.1, 0.15) is 60.3 Å². The van der Waals surface area contributed by atoms with Gasteiger partial charge < -0.3 is 15.0 Å². The molecule has 0 aliphatic heterocycles. The zero-order valence-electron chi connectivity index (χ0n) is 14.3. The first-order chi connectivity index (χ1) is 10.2. The van der Waals surface area contributed by atoms with E-state index in [-0.39, 0.29) is 36.0 Å². The number of halogens is 1. The molecule has 0 aromatic carbocycles. The Morgan fingerprint density at radius 1 is 1.27 bits per heavy atom. The van der Waals surface area contributed by atoms with Gasteiger partial charge in [-0.1, -0.05) is 12.8 Å². The number of nitrogens with zero attached hydrogens (tertiary/aromatic N) is 1. The molecule has 1 fully saturated rings. The number of alkyl halides is 1. The van der Waals surface area contributed by atoms with Gasteiger partial charge in [-0.25, -0.2) is 4.79 Å². The monoisotopic (exact) mass is 332 g/mol. The van der Waals surface area contributed by atoms with Gasteiger partial charge in [-0.05, 0) is 47.5 Å². The van der Waals surface area contributed by atoms with E-state index < -0.39 is 5.60 Å². The van der Waals surface area contributed by atoms with Gasteiger partial charge in [0.05, 0.1) is 6.04 Å². The van der Waals surface area contributed by atoms with Crippen molar-refractivity contribution in [2.24, 2.45) is 0 Å². The van der Waals surface area contributed by atoms with E-state index in [0.29, 0.717) is 0 Å². The minimum absolute atomic E-state index is 0.00773. The average Bonchev–Trinajstić information content (AvgIpc) is 2.38. The first-order valence-corrected chi connectivity index (χ1v) is 8.56. The van der Waals surface area contributed by atoms with Crippen molar-refractivity contribution in [1.29, 1.82) is 0 Å². The molecule has 1 aliphatic carbocycles. The summed E-state index contributed by atoms with van der Waals surface area (Å²) in [7, 11) is 0. The lowest BCUT2D eigenvalue weighted by Crippen LogP contribution is -2.58. The first-order valence-electron chi connectivity index (χ1n) is 8.02. The third-order valence-electron chi connectivity index (χ3n) is 3.72. The second-order valence-corrected chi connectivity index (χ2v) is 7.41. The Morgan fingerprint density at radius 2 is 1.86 bits per heavy atom. The van der Waals surface area contributed by atoms with Crippen LogP contribution >= 0.6 is 11.6 Å². The molecule has 0 bridgehead atoms. The Hall–Kier alpha value is -0.970. The van der Waals surface area contributed by atoms with Crippen molar-refractivity contribution < 1.29 is 14.3 Å². The summed E-state index contributed by atoms with van der Waals surface area (Å²) in [5.74, 6) is -0.247. The first kappa shape index (κ1) is 19.1. The van der Waals surface area contributed by atoms with Crippen LogP contribution in [0.3, 0.4) is 0 Å². The SMILES string of the molecule is CC(C)N(C(=O)OC(C)(C)C)[C@H]1CCCC[C@@H]1NC(=O)CCl. The van der Waals surface area contributed by atoms with Crippen LogP contribution in [0.25, 0.3) is 0 Å². The number of hydrogen-bond donors (Lipinski definition) is 1. The highest BCUT2D eigenvalue weighted by molar-refractivity contribution is 6.27. The number of amides is 2. The minimum Gasteiger partial charge on any atom is -0.444 e. The number of hydrogen-bond acceptors (Lipinski definition) is 3. The van der Waals surface area contributed by atoms with Crippen molar-refractivity contribution in [2.75, 3.05) is 5.88 Å². The second-order valence-electron chi connectivity index (χ2n) is 7.14. The molecule has 0 spiro atoms. The standard InChI is InChI=1S/C16H29ClN2O3/c1-11(2)19(15(21)22-16(3,4)5)13-9-7-6-8-12(13)18-14(20)10-17/h11-13H,6-10H2,1-5H3,(H,18,20)/t12-,13-/m0/s1. The van der Waals surface area contributed by atoms with E-state index in [9.17, 15) is 9.59 Å². The maximum absolute atomic E-state index is 12.6. The summed E-state index contributed by atoms with van der Waals surface area (Å²) in [6.07, 6.45) is 3.50. The van der Waals surface area contributed by atoms with Crippen molar-refractivity contribution >= 4 is 23.6 Å². The van der Waals surface area contributed by atoms with Crippen LogP contribution in [0.5, 0.6) is 0 Å². The number of carbonyl (C=O) groups excluding carboxylic acids is 2. The molecule has 0 unspecified atom stereocenters. The lowest BCUT2D eigenvalue weighted by molar-refractivity contribution is -0.120. The van der Waals surface area contributed by atoms with Gasteiger partial charge in [0, 0.05) is 12.1 Å². The highest BCUT2D eigenvalue weighted by Crippen LogP contribution is 2.26. The molecule has 0 radical (unpaired) electrons. The van der Waals surface area contributed by atoms with E-state index >= 15 is 0 Å². The highest BCUT2D eigenvalue weighted by atomic mass is 35.5. The van der Waals surface area contributed by atoms with Gasteiger partial charge >= 0.3 is 6.09 Å². The van der Waals surface area contributed by atoms with Crippen LogP contribution < -0.4 is 5.32 Å². The van der Waals surface area contributed by atoms with Crippen molar-refractivity contribution in [3.63, 3.8) is 0 Å². The van der Waals surface area contributed by atoms with Crippen molar-refractivity contribution in [2.45, 2.75) is 84.0 Å². The van der Waals surface area contributed by atoms with Crippen LogP contribution in [-0.2, 0) is 9.53 Å². The molecule has 22 heavy (non-hydrogen) atoms. The Morgan fingerprint density at radius 3 is 2.36 bits per heavy atom. The summed E-state index contributed by atoms with van der Waals surface area (Å²) < 4.78 is 5.54. The van der Waals surface area contributed by atoms with Gasteiger partial charge in [-0.2, -0.15) is 0 Å². The maximum Gasteiger partial charge on any atom is 0.410 e. The fourth-order valence-corrected chi connectivity index (χ4v) is 2.98. The summed E-state index contributed by atoms with van der Waals surface area (Å²) in [6.45, 7) is 9.52. The molecule has 0 heterocycles. The third kappa shape index (κ3) is 5.67. The highest BCUT2D eigenvalue weighted by Gasteiger charge is 2.37. The molecule has 0 aromatic heterocycles. The Bertz CT molecular complexity index is 393. The Kier molecular flexibility index (Phi) is 6.98. The average molecular weight is 333 g/mol. The topological polar surface area (TPSA) is 58.6 Å². The molecular weight excluding hydrogens is 304 g/mol.